The average Bonchev–Trinajstić information content (AvgIpc) is 3.26. The maximum absolute atomic E-state index is 12.9. The van der Waals surface area contributed by atoms with Crippen molar-refractivity contribution in [2.45, 2.75) is 23.8 Å². The lowest BCUT2D eigenvalue weighted by Gasteiger charge is -2.23. The van der Waals surface area contributed by atoms with Crippen LogP contribution in [0.1, 0.15) is 12.8 Å². The van der Waals surface area contributed by atoms with Crippen molar-refractivity contribution in [3.63, 3.8) is 0 Å². The number of ether oxygens (including phenoxy) is 1. The predicted molar refractivity (Wildman–Crippen MR) is 92.8 cm³/mol. The van der Waals surface area contributed by atoms with Gasteiger partial charge in [0.05, 0.1) is 18.6 Å². The van der Waals surface area contributed by atoms with E-state index >= 15 is 0 Å². The van der Waals surface area contributed by atoms with Crippen LogP contribution in [0.2, 0.25) is 0 Å². The van der Waals surface area contributed by atoms with E-state index < -0.39 is 16.1 Å². The fraction of sp³-hybridized carbons (Fsp3) is 0.467. The molecule has 7 nitrogen and oxygen atoms in total. The Hall–Kier alpha value is -1.58. The highest BCUT2D eigenvalue weighted by Crippen LogP contribution is 2.27. The summed E-state index contributed by atoms with van der Waals surface area (Å²) < 4.78 is 32.0. The first-order valence-electron chi connectivity index (χ1n) is 7.66. The third-order valence-corrected chi connectivity index (χ3v) is 6.80. The monoisotopic (exact) mass is 369 g/mol. The summed E-state index contributed by atoms with van der Waals surface area (Å²) in [7, 11) is -2.20. The molecule has 24 heavy (non-hydrogen) atoms. The van der Waals surface area contributed by atoms with Gasteiger partial charge in [-0.3, -0.25) is 9.79 Å². The smallest absolute Gasteiger partial charge is 0.244 e. The van der Waals surface area contributed by atoms with Crippen LogP contribution < -0.4 is 10.1 Å². The van der Waals surface area contributed by atoms with Crippen molar-refractivity contribution in [2.24, 2.45) is 4.99 Å². The fourth-order valence-corrected chi connectivity index (χ4v) is 5.16. The molecule has 9 heteroatoms. The molecule has 1 N–H and O–H groups in total. The summed E-state index contributed by atoms with van der Waals surface area (Å²) in [5.41, 5.74) is 0. The number of benzene rings is 1. The highest BCUT2D eigenvalue weighted by Gasteiger charge is 2.39. The number of rotatable bonds is 4. The minimum atomic E-state index is -3.72. The highest BCUT2D eigenvalue weighted by atomic mass is 32.2. The molecule has 0 saturated carbocycles. The number of nitrogens with one attached hydrogen (secondary N) is 1. The van der Waals surface area contributed by atoms with Crippen molar-refractivity contribution < 1.29 is 17.9 Å². The summed E-state index contributed by atoms with van der Waals surface area (Å²) in [6, 6.07) is 5.50. The second kappa shape index (κ2) is 7.12. The number of carbonyl (C=O) groups excluding carboxylic acids is 1. The summed E-state index contributed by atoms with van der Waals surface area (Å²) in [5.74, 6) is 1.12. The quantitative estimate of drug-likeness (QED) is 0.858. The van der Waals surface area contributed by atoms with Gasteiger partial charge in [-0.15, -0.1) is 0 Å². The van der Waals surface area contributed by atoms with Crippen molar-refractivity contribution in [1.82, 2.24) is 9.62 Å². The van der Waals surface area contributed by atoms with Crippen LogP contribution >= 0.6 is 11.8 Å². The molecule has 2 aliphatic rings. The highest BCUT2D eigenvalue weighted by molar-refractivity contribution is 8.14. The van der Waals surface area contributed by atoms with Crippen LogP contribution in [0.5, 0.6) is 5.75 Å². The number of hydrogen-bond donors (Lipinski definition) is 1. The van der Waals surface area contributed by atoms with Gasteiger partial charge in [-0.1, -0.05) is 11.8 Å². The number of carbonyl (C=O) groups is 1. The van der Waals surface area contributed by atoms with Gasteiger partial charge >= 0.3 is 0 Å². The molecular formula is C15H19N3O4S2. The lowest BCUT2D eigenvalue weighted by atomic mass is 10.2. The number of amidine groups is 1. The minimum absolute atomic E-state index is 0.163. The van der Waals surface area contributed by atoms with E-state index in [2.05, 4.69) is 10.3 Å². The first kappa shape index (κ1) is 17.2. The van der Waals surface area contributed by atoms with Crippen molar-refractivity contribution in [1.29, 1.82) is 0 Å². The molecule has 1 fully saturated rings. The van der Waals surface area contributed by atoms with E-state index in [0.717, 1.165) is 5.75 Å². The van der Waals surface area contributed by atoms with E-state index in [0.29, 0.717) is 36.8 Å². The molecule has 3 rings (SSSR count). The first-order chi connectivity index (χ1) is 11.5. The molecule has 1 amide bonds. The molecule has 1 atom stereocenters. The third kappa shape index (κ3) is 3.42. The molecule has 0 unspecified atom stereocenters. The van der Waals surface area contributed by atoms with Crippen molar-refractivity contribution in [3.8, 4) is 5.75 Å². The van der Waals surface area contributed by atoms with Gasteiger partial charge < -0.3 is 10.1 Å². The molecule has 0 spiro atoms. The van der Waals surface area contributed by atoms with Crippen LogP contribution in [0.4, 0.5) is 0 Å². The van der Waals surface area contributed by atoms with Crippen LogP contribution in [0.3, 0.4) is 0 Å². The van der Waals surface area contributed by atoms with Gasteiger partial charge in [0.25, 0.3) is 0 Å². The van der Waals surface area contributed by atoms with E-state index in [-0.39, 0.29) is 10.8 Å². The SMILES string of the molecule is COc1ccc(S(=O)(=O)N2CCC[C@@H]2C(=O)NC2=NCCS2)cc1. The lowest BCUT2D eigenvalue weighted by Crippen LogP contribution is -2.46. The van der Waals surface area contributed by atoms with Crippen molar-refractivity contribution in [3.05, 3.63) is 24.3 Å². The fourth-order valence-electron chi connectivity index (χ4n) is 2.77. The molecule has 0 bridgehead atoms. The normalized spacial score (nSPS) is 21.5. The van der Waals surface area contributed by atoms with E-state index in [9.17, 15) is 13.2 Å². The van der Waals surface area contributed by atoms with Crippen LogP contribution in [0.15, 0.2) is 34.2 Å². The number of hydrogen-bond acceptors (Lipinski definition) is 6. The Morgan fingerprint density at radius 1 is 1.38 bits per heavy atom. The lowest BCUT2D eigenvalue weighted by molar-refractivity contribution is -0.122. The summed E-state index contributed by atoms with van der Waals surface area (Å²) >= 11 is 1.47. The minimum Gasteiger partial charge on any atom is -0.497 e. The number of thioether (sulfide) groups is 1. The van der Waals surface area contributed by atoms with Gasteiger partial charge in [0.15, 0.2) is 5.17 Å². The second-order valence-electron chi connectivity index (χ2n) is 5.47. The number of sulfonamides is 1. The van der Waals surface area contributed by atoms with Crippen LogP contribution in [-0.2, 0) is 14.8 Å². The summed E-state index contributed by atoms with van der Waals surface area (Å²) in [4.78, 5) is 16.8. The van der Waals surface area contributed by atoms with Crippen LogP contribution in [0, 0.1) is 0 Å². The van der Waals surface area contributed by atoms with Gasteiger partial charge in [-0.25, -0.2) is 8.42 Å². The molecule has 2 heterocycles. The van der Waals surface area contributed by atoms with E-state index in [1.54, 1.807) is 12.1 Å². The Bertz CT molecular complexity index is 746. The number of amides is 1. The zero-order valence-corrected chi connectivity index (χ0v) is 14.9. The first-order valence-corrected chi connectivity index (χ1v) is 10.1. The predicted octanol–water partition coefficient (Wildman–Crippen LogP) is 1.07. The van der Waals surface area contributed by atoms with Crippen molar-refractivity contribution >= 4 is 32.9 Å². The Labute approximate surface area is 145 Å². The van der Waals surface area contributed by atoms with Crippen LogP contribution in [0.25, 0.3) is 0 Å². The molecule has 1 aromatic carbocycles. The standard InChI is InChI=1S/C15H19N3O4S2/c1-22-11-4-6-12(7-5-11)24(20,21)18-9-2-3-13(18)14(19)17-15-16-8-10-23-15/h4-7,13H,2-3,8-10H2,1H3,(H,16,17,19)/t13-/m1/s1. The van der Waals surface area contributed by atoms with E-state index in [4.69, 9.17) is 4.74 Å². The topological polar surface area (TPSA) is 88.1 Å². The Balaban J connectivity index is 1.78. The zero-order valence-electron chi connectivity index (χ0n) is 13.3. The molecule has 1 aromatic rings. The maximum Gasteiger partial charge on any atom is 0.244 e. The molecule has 1 saturated heterocycles. The van der Waals surface area contributed by atoms with Gasteiger partial charge in [0, 0.05) is 12.3 Å². The Morgan fingerprint density at radius 3 is 2.75 bits per heavy atom. The van der Waals surface area contributed by atoms with Gasteiger partial charge in [0.1, 0.15) is 11.8 Å². The second-order valence-corrected chi connectivity index (χ2v) is 8.45. The number of aliphatic imine (C=N–C) groups is 1. The van der Waals surface area contributed by atoms with E-state index in [1.165, 1.54) is 35.3 Å². The Kier molecular flexibility index (Phi) is 5.12. The van der Waals surface area contributed by atoms with Crippen LogP contribution in [-0.4, -0.2) is 55.8 Å². The summed E-state index contributed by atoms with van der Waals surface area (Å²) in [6.07, 6.45) is 1.17. The van der Waals surface area contributed by atoms with Gasteiger partial charge in [0.2, 0.25) is 15.9 Å². The number of nitrogens with zero attached hydrogens (tertiary/aromatic N) is 2. The molecule has 0 radical (unpaired) electrons. The largest absolute Gasteiger partial charge is 0.497 e. The number of methoxy groups -OCH3 is 1. The van der Waals surface area contributed by atoms with Gasteiger partial charge in [-0.05, 0) is 37.1 Å². The molecule has 2 aliphatic heterocycles. The summed E-state index contributed by atoms with van der Waals surface area (Å²) in [5, 5.41) is 3.32. The van der Waals surface area contributed by atoms with E-state index in [1.807, 2.05) is 0 Å². The van der Waals surface area contributed by atoms with Gasteiger partial charge in [-0.2, -0.15) is 4.31 Å². The maximum atomic E-state index is 12.9. The zero-order chi connectivity index (χ0) is 17.2. The molecular weight excluding hydrogens is 350 g/mol. The summed E-state index contributed by atoms with van der Waals surface area (Å²) in [6.45, 7) is 1.02. The molecule has 130 valence electrons. The van der Waals surface area contributed by atoms with Crippen molar-refractivity contribution in [2.75, 3.05) is 26.0 Å². The molecule has 0 aromatic heterocycles. The third-order valence-electron chi connectivity index (χ3n) is 3.99. The average molecular weight is 369 g/mol. The Morgan fingerprint density at radius 2 is 2.12 bits per heavy atom. The molecule has 0 aliphatic carbocycles.